The first-order valence-corrected chi connectivity index (χ1v) is 9.95. The number of carbonyl (C=O) groups is 1. The number of rotatable bonds is 3. The van der Waals surface area contributed by atoms with Gasteiger partial charge in [0.15, 0.2) is 0 Å². The van der Waals surface area contributed by atoms with E-state index in [0.29, 0.717) is 31.2 Å². The summed E-state index contributed by atoms with van der Waals surface area (Å²) in [5.41, 5.74) is 0.602. The lowest BCUT2D eigenvalue weighted by molar-refractivity contribution is -0.137. The van der Waals surface area contributed by atoms with Gasteiger partial charge in [-0.3, -0.25) is 9.69 Å². The zero-order chi connectivity index (χ0) is 15.4. The minimum atomic E-state index is -0.228. The lowest BCUT2D eigenvalue weighted by atomic mass is 10.1. The molecule has 0 aliphatic carbocycles. The predicted octanol–water partition coefficient (Wildman–Crippen LogP) is 2.32. The second kappa shape index (κ2) is 7.70. The Labute approximate surface area is 139 Å². The van der Waals surface area contributed by atoms with Gasteiger partial charge in [0.25, 0.3) is 0 Å². The number of hydrogen-bond acceptors (Lipinski definition) is 4. The Kier molecular flexibility index (Phi) is 5.66. The molecule has 3 rings (SSSR count). The number of hydrogen-bond donors (Lipinski definition) is 0. The van der Waals surface area contributed by atoms with Gasteiger partial charge < -0.3 is 4.90 Å². The molecule has 2 saturated heterocycles. The average Bonchev–Trinajstić information content (AvgIpc) is 2.80. The minimum Gasteiger partial charge on any atom is -0.336 e. The molecule has 0 unspecified atom stereocenters. The lowest BCUT2D eigenvalue weighted by Gasteiger charge is -2.38. The summed E-state index contributed by atoms with van der Waals surface area (Å²) in [4.78, 5) is 16.5. The minimum absolute atomic E-state index is 0.119. The van der Waals surface area contributed by atoms with Crippen LogP contribution in [0.15, 0.2) is 24.3 Å². The highest BCUT2D eigenvalue weighted by atomic mass is 32.2. The van der Waals surface area contributed by atoms with Gasteiger partial charge in [-0.15, -0.1) is 0 Å². The van der Waals surface area contributed by atoms with Crippen LogP contribution in [0.2, 0.25) is 0 Å². The molecular weight excluding hydrogens is 319 g/mol. The molecule has 2 heterocycles. The van der Waals surface area contributed by atoms with Gasteiger partial charge in [0.05, 0.1) is 6.54 Å². The van der Waals surface area contributed by atoms with Crippen molar-refractivity contribution < 1.29 is 9.18 Å². The van der Waals surface area contributed by atoms with E-state index in [1.165, 1.54) is 17.6 Å². The molecule has 1 amide bonds. The topological polar surface area (TPSA) is 23.6 Å². The van der Waals surface area contributed by atoms with E-state index in [4.69, 9.17) is 0 Å². The maximum absolute atomic E-state index is 13.7. The number of halogens is 1. The molecule has 1 aromatic carbocycles. The summed E-state index contributed by atoms with van der Waals surface area (Å²) in [6.07, 6.45) is 0. The summed E-state index contributed by atoms with van der Waals surface area (Å²) in [6.45, 7) is 2.44. The molecule has 3 nitrogen and oxygen atoms in total. The van der Waals surface area contributed by atoms with Gasteiger partial charge in [-0.2, -0.15) is 23.5 Å². The zero-order valence-corrected chi connectivity index (χ0v) is 14.2. The quantitative estimate of drug-likeness (QED) is 0.843. The van der Waals surface area contributed by atoms with Crippen LogP contribution in [-0.2, 0) is 11.3 Å². The number of carbonyl (C=O) groups excluding carboxylic acids is 1. The first-order chi connectivity index (χ1) is 10.7. The first kappa shape index (κ1) is 16.1. The summed E-state index contributed by atoms with van der Waals surface area (Å²) in [7, 11) is 0. The van der Waals surface area contributed by atoms with Crippen molar-refractivity contribution in [1.82, 2.24) is 9.80 Å². The van der Waals surface area contributed by atoms with Crippen molar-refractivity contribution in [3.63, 3.8) is 0 Å². The Bertz CT molecular complexity index is 521. The molecule has 0 radical (unpaired) electrons. The van der Waals surface area contributed by atoms with Gasteiger partial charge in [-0.05, 0) is 6.07 Å². The molecule has 2 fully saturated rings. The molecule has 2 aliphatic rings. The van der Waals surface area contributed by atoms with E-state index in [2.05, 4.69) is 4.90 Å². The van der Waals surface area contributed by atoms with Crippen LogP contribution >= 0.6 is 23.5 Å². The van der Waals surface area contributed by atoms with Crippen molar-refractivity contribution >= 4 is 29.4 Å². The molecule has 0 N–H and O–H groups in total. The van der Waals surface area contributed by atoms with E-state index >= 15 is 0 Å². The van der Waals surface area contributed by atoms with Crippen LogP contribution in [0.4, 0.5) is 4.39 Å². The van der Waals surface area contributed by atoms with Gasteiger partial charge in [-0.1, -0.05) is 18.2 Å². The summed E-state index contributed by atoms with van der Waals surface area (Å²) in [5, 5.41) is 0. The second-order valence-electron chi connectivity index (χ2n) is 5.68. The third kappa shape index (κ3) is 3.97. The van der Waals surface area contributed by atoms with Gasteiger partial charge in [0.2, 0.25) is 5.91 Å². The zero-order valence-electron chi connectivity index (χ0n) is 12.5. The Morgan fingerprint density at radius 1 is 1.14 bits per heavy atom. The largest absolute Gasteiger partial charge is 0.336 e. The predicted molar refractivity (Wildman–Crippen MR) is 91.8 cm³/mol. The van der Waals surface area contributed by atoms with Crippen molar-refractivity contribution in [2.24, 2.45) is 0 Å². The maximum atomic E-state index is 13.7. The summed E-state index contributed by atoms with van der Waals surface area (Å²) < 4.78 is 13.7. The third-order valence-electron chi connectivity index (χ3n) is 4.18. The summed E-state index contributed by atoms with van der Waals surface area (Å²) in [5.74, 6) is 4.55. The molecule has 0 atom stereocenters. The highest BCUT2D eigenvalue weighted by molar-refractivity contribution is 8.03. The van der Waals surface area contributed by atoms with Gasteiger partial charge >= 0.3 is 0 Å². The second-order valence-corrected chi connectivity index (χ2v) is 7.98. The summed E-state index contributed by atoms with van der Waals surface area (Å²) >= 11 is 3.97. The fourth-order valence-electron chi connectivity index (χ4n) is 2.85. The molecule has 0 spiro atoms. The number of nitrogens with zero attached hydrogens (tertiary/aromatic N) is 2. The van der Waals surface area contributed by atoms with E-state index in [1.807, 2.05) is 29.6 Å². The van der Waals surface area contributed by atoms with Gasteiger partial charge in [0.1, 0.15) is 5.82 Å². The fraction of sp³-hybridized carbons (Fsp3) is 0.562. The molecule has 2 aliphatic heterocycles. The Hall–Kier alpha value is -0.720. The highest BCUT2D eigenvalue weighted by Crippen LogP contribution is 2.22. The molecule has 0 saturated carbocycles. The van der Waals surface area contributed by atoms with Crippen molar-refractivity contribution in [2.45, 2.75) is 12.6 Å². The van der Waals surface area contributed by atoms with E-state index in [9.17, 15) is 9.18 Å². The maximum Gasteiger partial charge on any atom is 0.237 e. The van der Waals surface area contributed by atoms with Crippen molar-refractivity contribution in [1.29, 1.82) is 0 Å². The van der Waals surface area contributed by atoms with Crippen LogP contribution in [0.3, 0.4) is 0 Å². The first-order valence-electron chi connectivity index (χ1n) is 7.65. The third-order valence-corrected chi connectivity index (χ3v) is 6.66. The molecule has 1 aromatic rings. The van der Waals surface area contributed by atoms with Crippen LogP contribution in [0, 0.1) is 5.82 Å². The molecular formula is C16H21FN2OS2. The monoisotopic (exact) mass is 340 g/mol. The van der Waals surface area contributed by atoms with Crippen molar-refractivity contribution in [2.75, 3.05) is 42.6 Å². The number of thioether (sulfide) groups is 2. The average molecular weight is 340 g/mol. The smallest absolute Gasteiger partial charge is 0.237 e. The lowest BCUT2D eigenvalue weighted by Crippen LogP contribution is -2.54. The van der Waals surface area contributed by atoms with E-state index in [-0.39, 0.29) is 11.7 Å². The van der Waals surface area contributed by atoms with Crippen molar-refractivity contribution in [3.05, 3.63) is 35.6 Å². The van der Waals surface area contributed by atoms with E-state index in [0.717, 1.165) is 18.1 Å². The highest BCUT2D eigenvalue weighted by Gasteiger charge is 2.29. The number of benzene rings is 1. The molecule has 0 aromatic heterocycles. The van der Waals surface area contributed by atoms with Gasteiger partial charge in [-0.25, -0.2) is 4.39 Å². The van der Waals surface area contributed by atoms with E-state index < -0.39 is 0 Å². The molecule has 22 heavy (non-hydrogen) atoms. The SMILES string of the molecule is O=C1CN(C2CSCCSC2)CCN1Cc1ccccc1F. The molecule has 6 heteroatoms. The fourth-order valence-corrected chi connectivity index (χ4v) is 5.48. The van der Waals surface area contributed by atoms with E-state index in [1.54, 1.807) is 17.0 Å². The van der Waals surface area contributed by atoms with Crippen LogP contribution in [0.1, 0.15) is 5.56 Å². The number of amides is 1. The van der Waals surface area contributed by atoms with Crippen LogP contribution in [-0.4, -0.2) is 64.4 Å². The molecule has 120 valence electrons. The standard InChI is InChI=1S/C16H21FN2OS2/c17-15-4-2-1-3-13(15)9-19-6-5-18(10-16(19)20)14-11-21-7-8-22-12-14/h1-4,14H,5-12H2. The Balaban J connectivity index is 1.58. The van der Waals surface area contributed by atoms with Crippen molar-refractivity contribution in [3.8, 4) is 0 Å². The van der Waals surface area contributed by atoms with Crippen LogP contribution in [0.5, 0.6) is 0 Å². The number of piperazine rings is 1. The normalized spacial score (nSPS) is 21.9. The Morgan fingerprint density at radius 3 is 2.55 bits per heavy atom. The summed E-state index contributed by atoms with van der Waals surface area (Å²) in [6, 6.07) is 7.21. The Morgan fingerprint density at radius 2 is 1.86 bits per heavy atom. The van der Waals surface area contributed by atoms with Crippen LogP contribution < -0.4 is 0 Å². The van der Waals surface area contributed by atoms with Gasteiger partial charge in [0, 0.05) is 54.3 Å². The molecule has 0 bridgehead atoms. The van der Waals surface area contributed by atoms with Crippen LogP contribution in [0.25, 0.3) is 0 Å².